The van der Waals surface area contributed by atoms with Gasteiger partial charge in [-0.2, -0.15) is 0 Å². The number of rotatable bonds is 3. The number of benzene rings is 2. The minimum Gasteiger partial charge on any atom is -0.469 e. The summed E-state index contributed by atoms with van der Waals surface area (Å²) in [6.07, 6.45) is 0.482. The summed E-state index contributed by atoms with van der Waals surface area (Å²) in [7, 11) is 1.37. The third-order valence-electron chi connectivity index (χ3n) is 5.95. The number of methoxy groups -OCH3 is 1. The number of esters is 1. The molecule has 2 heterocycles. The van der Waals surface area contributed by atoms with E-state index >= 15 is 0 Å². The van der Waals surface area contributed by atoms with Gasteiger partial charge in [-0.05, 0) is 30.5 Å². The molecule has 0 unspecified atom stereocenters. The number of hydrogen-bond donors (Lipinski definition) is 0. The molecule has 2 amide bonds. The molecule has 2 aromatic carbocycles. The van der Waals surface area contributed by atoms with Crippen LogP contribution in [0, 0.1) is 12.8 Å². The van der Waals surface area contributed by atoms with Crippen molar-refractivity contribution in [3.8, 4) is 0 Å². The van der Waals surface area contributed by atoms with Gasteiger partial charge in [0.15, 0.2) is 0 Å². The molecule has 0 spiro atoms. The van der Waals surface area contributed by atoms with Gasteiger partial charge in [-0.1, -0.05) is 48.5 Å². The predicted molar refractivity (Wildman–Crippen MR) is 107 cm³/mol. The standard InChI is InChI=1S/C23H24N2O4/c1-15-8-6-7-11-18(15)22(27)24-13-17-12-19(23(28)29-2)21(25(17)20(26)14-24)16-9-4-3-5-10-16/h3-11,17,19,21H,12-14H2,1-2H3/t17-,19-,21-/m0/s1. The highest BCUT2D eigenvalue weighted by Gasteiger charge is 2.51. The summed E-state index contributed by atoms with van der Waals surface area (Å²) in [5.41, 5.74) is 2.40. The van der Waals surface area contributed by atoms with E-state index in [-0.39, 0.29) is 36.4 Å². The molecule has 2 aliphatic rings. The zero-order valence-electron chi connectivity index (χ0n) is 16.6. The Morgan fingerprint density at radius 3 is 2.41 bits per heavy atom. The van der Waals surface area contributed by atoms with Crippen LogP contribution in [0.1, 0.15) is 33.9 Å². The minimum atomic E-state index is -0.440. The lowest BCUT2D eigenvalue weighted by molar-refractivity contribution is -0.147. The second kappa shape index (κ2) is 7.70. The molecule has 0 aliphatic carbocycles. The second-order valence-electron chi connectivity index (χ2n) is 7.68. The van der Waals surface area contributed by atoms with Gasteiger partial charge in [0.25, 0.3) is 5.91 Å². The number of ether oxygens (including phenoxy) is 1. The van der Waals surface area contributed by atoms with Gasteiger partial charge in [0.1, 0.15) is 6.54 Å². The van der Waals surface area contributed by atoms with E-state index in [1.165, 1.54) is 7.11 Å². The number of nitrogens with zero attached hydrogens (tertiary/aromatic N) is 2. The highest BCUT2D eigenvalue weighted by molar-refractivity contribution is 5.98. The average molecular weight is 392 g/mol. The Kier molecular flexibility index (Phi) is 5.09. The van der Waals surface area contributed by atoms with E-state index in [4.69, 9.17) is 4.74 Å². The molecule has 0 saturated carbocycles. The largest absolute Gasteiger partial charge is 0.469 e. The molecule has 29 heavy (non-hydrogen) atoms. The van der Waals surface area contributed by atoms with Crippen LogP contribution >= 0.6 is 0 Å². The zero-order valence-corrected chi connectivity index (χ0v) is 16.6. The Hall–Kier alpha value is -3.15. The van der Waals surface area contributed by atoms with E-state index < -0.39 is 5.92 Å². The van der Waals surface area contributed by atoms with Crippen LogP contribution in [0.5, 0.6) is 0 Å². The van der Waals surface area contributed by atoms with Crippen LogP contribution in [0.4, 0.5) is 0 Å². The molecular weight excluding hydrogens is 368 g/mol. The molecule has 4 rings (SSSR count). The first-order chi connectivity index (χ1) is 14.0. The van der Waals surface area contributed by atoms with Crippen molar-refractivity contribution in [1.29, 1.82) is 0 Å². The Labute approximate surface area is 170 Å². The first-order valence-electron chi connectivity index (χ1n) is 9.80. The molecule has 3 atom stereocenters. The molecule has 6 nitrogen and oxygen atoms in total. The first-order valence-corrected chi connectivity index (χ1v) is 9.80. The fraction of sp³-hybridized carbons (Fsp3) is 0.348. The van der Waals surface area contributed by atoms with Crippen molar-refractivity contribution in [1.82, 2.24) is 9.80 Å². The zero-order chi connectivity index (χ0) is 20.5. The molecule has 2 saturated heterocycles. The number of hydrogen-bond acceptors (Lipinski definition) is 4. The molecule has 2 aliphatic heterocycles. The van der Waals surface area contributed by atoms with Crippen molar-refractivity contribution in [3.63, 3.8) is 0 Å². The number of piperazine rings is 1. The van der Waals surface area contributed by atoms with Crippen LogP contribution in [-0.2, 0) is 14.3 Å². The van der Waals surface area contributed by atoms with Crippen molar-refractivity contribution < 1.29 is 19.1 Å². The Bertz CT molecular complexity index is 943. The van der Waals surface area contributed by atoms with Crippen LogP contribution in [0.3, 0.4) is 0 Å². The first kappa shape index (κ1) is 19.2. The Balaban J connectivity index is 1.64. The predicted octanol–water partition coefficient (Wildman–Crippen LogP) is 2.58. The van der Waals surface area contributed by atoms with Gasteiger partial charge < -0.3 is 14.5 Å². The molecule has 0 N–H and O–H groups in total. The molecule has 150 valence electrons. The van der Waals surface area contributed by atoms with Crippen LogP contribution in [0.25, 0.3) is 0 Å². The van der Waals surface area contributed by atoms with Crippen LogP contribution in [0.15, 0.2) is 54.6 Å². The van der Waals surface area contributed by atoms with Crippen LogP contribution in [-0.4, -0.2) is 53.8 Å². The van der Waals surface area contributed by atoms with Crippen molar-refractivity contribution in [2.24, 2.45) is 5.92 Å². The number of carbonyl (C=O) groups excluding carboxylic acids is 3. The van der Waals surface area contributed by atoms with E-state index in [9.17, 15) is 14.4 Å². The maximum absolute atomic E-state index is 13.1. The number of fused-ring (bicyclic) bond motifs is 1. The van der Waals surface area contributed by atoms with Crippen LogP contribution < -0.4 is 0 Å². The summed E-state index contributed by atoms with van der Waals surface area (Å²) in [6, 6.07) is 16.4. The van der Waals surface area contributed by atoms with E-state index in [1.807, 2.05) is 55.5 Å². The normalized spacial score (nSPS) is 23.7. The monoisotopic (exact) mass is 392 g/mol. The molecule has 2 aromatic rings. The highest BCUT2D eigenvalue weighted by atomic mass is 16.5. The summed E-state index contributed by atoms with van der Waals surface area (Å²) >= 11 is 0. The van der Waals surface area contributed by atoms with Gasteiger partial charge in [-0.25, -0.2) is 0 Å². The van der Waals surface area contributed by atoms with E-state index in [0.717, 1.165) is 11.1 Å². The molecule has 6 heteroatoms. The average Bonchev–Trinajstić information content (AvgIpc) is 3.14. The minimum absolute atomic E-state index is 0.0148. The molecule has 2 fully saturated rings. The topological polar surface area (TPSA) is 66.9 Å². The second-order valence-corrected chi connectivity index (χ2v) is 7.68. The summed E-state index contributed by atoms with van der Waals surface area (Å²) in [5.74, 6) is -1.04. The summed E-state index contributed by atoms with van der Waals surface area (Å²) < 4.78 is 5.03. The Morgan fingerprint density at radius 2 is 1.72 bits per heavy atom. The molecule has 0 bridgehead atoms. The maximum atomic E-state index is 13.1. The third-order valence-corrected chi connectivity index (χ3v) is 5.95. The van der Waals surface area contributed by atoms with Gasteiger partial charge in [-0.3, -0.25) is 14.4 Å². The van der Waals surface area contributed by atoms with E-state index in [2.05, 4.69) is 0 Å². The van der Waals surface area contributed by atoms with Gasteiger partial charge in [-0.15, -0.1) is 0 Å². The lowest BCUT2D eigenvalue weighted by Gasteiger charge is -2.40. The SMILES string of the molecule is COC(=O)[C@H]1C[C@H]2CN(C(=O)c3ccccc3C)CC(=O)N2[C@H]1c1ccccc1. The van der Waals surface area contributed by atoms with Gasteiger partial charge in [0.05, 0.1) is 25.1 Å². The maximum Gasteiger partial charge on any atom is 0.311 e. The lowest BCUT2D eigenvalue weighted by atomic mass is 9.93. The van der Waals surface area contributed by atoms with E-state index in [0.29, 0.717) is 18.5 Å². The van der Waals surface area contributed by atoms with Gasteiger partial charge in [0.2, 0.25) is 5.91 Å². The van der Waals surface area contributed by atoms with Crippen molar-refractivity contribution in [2.75, 3.05) is 20.2 Å². The fourth-order valence-electron chi connectivity index (χ4n) is 4.60. The summed E-state index contributed by atoms with van der Waals surface area (Å²) in [4.78, 5) is 42.1. The smallest absolute Gasteiger partial charge is 0.311 e. The van der Waals surface area contributed by atoms with Crippen LogP contribution in [0.2, 0.25) is 0 Å². The Morgan fingerprint density at radius 1 is 1.03 bits per heavy atom. The third kappa shape index (κ3) is 3.39. The summed E-state index contributed by atoms with van der Waals surface area (Å²) in [6.45, 7) is 2.32. The van der Waals surface area contributed by atoms with Gasteiger partial charge in [0, 0.05) is 12.1 Å². The fourth-order valence-corrected chi connectivity index (χ4v) is 4.60. The quantitative estimate of drug-likeness (QED) is 0.753. The van der Waals surface area contributed by atoms with Crippen molar-refractivity contribution in [3.05, 3.63) is 71.3 Å². The van der Waals surface area contributed by atoms with E-state index in [1.54, 1.807) is 15.9 Å². The molecule has 0 radical (unpaired) electrons. The lowest BCUT2D eigenvalue weighted by Crippen LogP contribution is -2.56. The molecular formula is C23H24N2O4. The highest BCUT2D eigenvalue weighted by Crippen LogP contribution is 2.43. The van der Waals surface area contributed by atoms with Crippen molar-refractivity contribution in [2.45, 2.75) is 25.4 Å². The van der Waals surface area contributed by atoms with Gasteiger partial charge >= 0.3 is 5.97 Å². The summed E-state index contributed by atoms with van der Waals surface area (Å²) in [5, 5.41) is 0. The number of aryl methyl sites for hydroxylation is 1. The van der Waals surface area contributed by atoms with Crippen molar-refractivity contribution >= 4 is 17.8 Å². The number of amides is 2. The number of carbonyl (C=O) groups is 3. The molecule has 0 aromatic heterocycles.